The van der Waals surface area contributed by atoms with Gasteiger partial charge in [0.15, 0.2) is 0 Å². The van der Waals surface area contributed by atoms with Gasteiger partial charge in [0.1, 0.15) is 0 Å². The minimum absolute atomic E-state index is 0.449. The Kier molecular flexibility index (Phi) is 4.67. The largest absolute Gasteiger partial charge is 0.314 e. The summed E-state index contributed by atoms with van der Waals surface area (Å²) < 4.78 is 2.08. The summed E-state index contributed by atoms with van der Waals surface area (Å²) in [6.07, 6.45) is 7.40. The second-order valence-corrected chi connectivity index (χ2v) is 6.49. The van der Waals surface area contributed by atoms with Crippen LogP contribution in [0.25, 0.3) is 0 Å². The highest BCUT2D eigenvalue weighted by Gasteiger charge is 2.35. The van der Waals surface area contributed by atoms with Gasteiger partial charge in [-0.3, -0.25) is 4.68 Å². The van der Waals surface area contributed by atoms with E-state index in [-0.39, 0.29) is 0 Å². The molecule has 2 unspecified atom stereocenters. The quantitative estimate of drug-likeness (QED) is 0.855. The molecule has 0 saturated heterocycles. The Morgan fingerprint density at radius 1 is 1.47 bits per heavy atom. The Hall–Kier alpha value is -0.830. The zero-order chi connectivity index (χ0) is 13.9. The fraction of sp³-hybridized carbons (Fsp3) is 0.812. The van der Waals surface area contributed by atoms with Crippen LogP contribution < -0.4 is 5.32 Å². The SMILES string of the molecule is CCCNC1CCC(C)(Cc2cc(CC)nn2C)C1. The lowest BCUT2D eigenvalue weighted by molar-refractivity contribution is 0.314. The van der Waals surface area contributed by atoms with Crippen LogP contribution in [0.2, 0.25) is 0 Å². The van der Waals surface area contributed by atoms with E-state index in [9.17, 15) is 0 Å². The molecule has 0 radical (unpaired) electrons. The van der Waals surface area contributed by atoms with Gasteiger partial charge in [-0.2, -0.15) is 5.10 Å². The van der Waals surface area contributed by atoms with E-state index in [1.165, 1.54) is 43.5 Å². The molecule has 2 atom stereocenters. The molecule has 0 amide bonds. The Bertz CT molecular complexity index is 410. The Labute approximate surface area is 117 Å². The molecule has 0 spiro atoms. The van der Waals surface area contributed by atoms with E-state index >= 15 is 0 Å². The second-order valence-electron chi connectivity index (χ2n) is 6.49. The summed E-state index contributed by atoms with van der Waals surface area (Å²) in [6, 6.07) is 3.02. The van der Waals surface area contributed by atoms with Gasteiger partial charge in [0.25, 0.3) is 0 Å². The van der Waals surface area contributed by atoms with Crippen molar-refractivity contribution in [2.24, 2.45) is 12.5 Å². The number of nitrogens with one attached hydrogen (secondary N) is 1. The molecule has 0 bridgehead atoms. The second kappa shape index (κ2) is 6.08. The number of hydrogen-bond acceptors (Lipinski definition) is 2. The lowest BCUT2D eigenvalue weighted by Crippen LogP contribution is -2.29. The van der Waals surface area contributed by atoms with E-state index in [0.717, 1.165) is 19.0 Å². The van der Waals surface area contributed by atoms with Gasteiger partial charge >= 0.3 is 0 Å². The highest BCUT2D eigenvalue weighted by molar-refractivity contribution is 5.13. The van der Waals surface area contributed by atoms with E-state index in [1.807, 2.05) is 0 Å². The predicted molar refractivity (Wildman–Crippen MR) is 80.3 cm³/mol. The number of aryl methyl sites for hydroxylation is 2. The smallest absolute Gasteiger partial charge is 0.0624 e. The highest BCUT2D eigenvalue weighted by Crippen LogP contribution is 2.40. The van der Waals surface area contributed by atoms with Crippen LogP contribution >= 0.6 is 0 Å². The lowest BCUT2D eigenvalue weighted by Gasteiger charge is -2.24. The molecular formula is C16H29N3. The molecule has 19 heavy (non-hydrogen) atoms. The zero-order valence-corrected chi connectivity index (χ0v) is 13.0. The van der Waals surface area contributed by atoms with Crippen molar-refractivity contribution in [2.45, 2.75) is 65.3 Å². The Morgan fingerprint density at radius 3 is 2.89 bits per heavy atom. The average molecular weight is 263 g/mol. The van der Waals surface area contributed by atoms with Gasteiger partial charge in [-0.1, -0.05) is 20.8 Å². The van der Waals surface area contributed by atoms with Crippen molar-refractivity contribution in [2.75, 3.05) is 6.54 Å². The van der Waals surface area contributed by atoms with Crippen molar-refractivity contribution in [3.63, 3.8) is 0 Å². The minimum atomic E-state index is 0.449. The molecule has 1 aliphatic rings. The number of aromatic nitrogens is 2. The minimum Gasteiger partial charge on any atom is -0.314 e. The summed E-state index contributed by atoms with van der Waals surface area (Å²) in [5.41, 5.74) is 3.07. The van der Waals surface area contributed by atoms with Crippen molar-refractivity contribution in [3.8, 4) is 0 Å². The van der Waals surface area contributed by atoms with Crippen molar-refractivity contribution in [1.82, 2.24) is 15.1 Å². The molecule has 3 heteroatoms. The van der Waals surface area contributed by atoms with Crippen molar-refractivity contribution >= 4 is 0 Å². The molecule has 1 heterocycles. The number of hydrogen-bond donors (Lipinski definition) is 1. The van der Waals surface area contributed by atoms with Gasteiger partial charge in [-0.05, 0) is 56.6 Å². The average Bonchev–Trinajstić information content (AvgIpc) is 2.92. The van der Waals surface area contributed by atoms with Crippen molar-refractivity contribution in [1.29, 1.82) is 0 Å². The fourth-order valence-corrected chi connectivity index (χ4v) is 3.35. The van der Waals surface area contributed by atoms with Crippen LogP contribution in [0.15, 0.2) is 6.07 Å². The van der Waals surface area contributed by atoms with Gasteiger partial charge in [-0.25, -0.2) is 0 Å². The zero-order valence-electron chi connectivity index (χ0n) is 13.0. The van der Waals surface area contributed by atoms with Gasteiger partial charge in [0.2, 0.25) is 0 Å². The first-order valence-corrected chi connectivity index (χ1v) is 7.81. The molecule has 3 nitrogen and oxygen atoms in total. The van der Waals surface area contributed by atoms with E-state index in [0.29, 0.717) is 5.41 Å². The lowest BCUT2D eigenvalue weighted by atomic mass is 9.83. The first-order chi connectivity index (χ1) is 9.06. The fourth-order valence-electron chi connectivity index (χ4n) is 3.35. The molecule has 1 aromatic heterocycles. The Morgan fingerprint density at radius 2 is 2.26 bits per heavy atom. The predicted octanol–water partition coefficient (Wildman–Crippen LogP) is 3.08. The van der Waals surface area contributed by atoms with Crippen molar-refractivity contribution in [3.05, 3.63) is 17.5 Å². The highest BCUT2D eigenvalue weighted by atomic mass is 15.3. The first-order valence-electron chi connectivity index (χ1n) is 7.81. The van der Waals surface area contributed by atoms with Crippen LogP contribution in [0.3, 0.4) is 0 Å². The molecule has 2 rings (SSSR count). The summed E-state index contributed by atoms with van der Waals surface area (Å²) in [6.45, 7) is 8.02. The van der Waals surface area contributed by atoms with Crippen LogP contribution in [-0.4, -0.2) is 22.4 Å². The van der Waals surface area contributed by atoms with E-state index < -0.39 is 0 Å². The summed E-state index contributed by atoms with van der Waals surface area (Å²) in [4.78, 5) is 0. The molecule has 1 N–H and O–H groups in total. The molecule has 1 fully saturated rings. The van der Waals surface area contributed by atoms with Crippen molar-refractivity contribution < 1.29 is 0 Å². The summed E-state index contributed by atoms with van der Waals surface area (Å²) in [5.74, 6) is 0. The van der Waals surface area contributed by atoms with Crippen LogP contribution in [0.5, 0.6) is 0 Å². The molecule has 1 aliphatic carbocycles. The molecule has 0 aliphatic heterocycles. The van der Waals surface area contributed by atoms with Crippen LogP contribution in [0.4, 0.5) is 0 Å². The molecule has 108 valence electrons. The third-order valence-corrected chi connectivity index (χ3v) is 4.52. The molecule has 1 saturated carbocycles. The van der Waals surface area contributed by atoms with E-state index in [4.69, 9.17) is 0 Å². The third-order valence-electron chi connectivity index (χ3n) is 4.52. The van der Waals surface area contributed by atoms with Crippen LogP contribution in [0, 0.1) is 5.41 Å². The summed E-state index contributed by atoms with van der Waals surface area (Å²) in [5, 5.41) is 8.25. The normalized spacial score (nSPS) is 27.1. The van der Waals surface area contributed by atoms with E-state index in [2.05, 4.69) is 49.0 Å². The standard InChI is InChI=1S/C16H29N3/c1-5-9-17-14-7-8-16(3,11-14)12-15-10-13(6-2)18-19(15)4/h10,14,17H,5-9,11-12H2,1-4H3. The number of nitrogens with zero attached hydrogens (tertiary/aromatic N) is 2. The third kappa shape index (κ3) is 3.59. The maximum atomic E-state index is 4.57. The molecular weight excluding hydrogens is 234 g/mol. The molecule has 0 aromatic carbocycles. The summed E-state index contributed by atoms with van der Waals surface area (Å²) >= 11 is 0. The van der Waals surface area contributed by atoms with Gasteiger partial charge < -0.3 is 5.32 Å². The number of rotatable bonds is 6. The topological polar surface area (TPSA) is 29.9 Å². The van der Waals surface area contributed by atoms with E-state index in [1.54, 1.807) is 0 Å². The maximum absolute atomic E-state index is 4.57. The monoisotopic (exact) mass is 263 g/mol. The Balaban J connectivity index is 1.96. The van der Waals surface area contributed by atoms with Crippen LogP contribution in [-0.2, 0) is 19.9 Å². The molecule has 1 aromatic rings. The van der Waals surface area contributed by atoms with Gasteiger partial charge in [-0.15, -0.1) is 0 Å². The van der Waals surface area contributed by atoms with Gasteiger partial charge in [0, 0.05) is 18.8 Å². The first kappa shape index (κ1) is 14.6. The maximum Gasteiger partial charge on any atom is 0.0624 e. The van der Waals surface area contributed by atoms with Gasteiger partial charge in [0.05, 0.1) is 5.69 Å². The van der Waals surface area contributed by atoms with Crippen LogP contribution in [0.1, 0.15) is 57.8 Å². The summed E-state index contributed by atoms with van der Waals surface area (Å²) in [7, 11) is 2.08.